The molecule has 4 nitrogen and oxygen atoms in total. The Morgan fingerprint density at radius 1 is 1.10 bits per heavy atom. The summed E-state index contributed by atoms with van der Waals surface area (Å²) in [6.45, 7) is 26.1. The molecular formula is C35H60O4Si. The van der Waals surface area contributed by atoms with E-state index in [4.69, 9.17) is 9.16 Å². The summed E-state index contributed by atoms with van der Waals surface area (Å²) in [6.07, 6.45) is 10.6. The van der Waals surface area contributed by atoms with Gasteiger partial charge in [-0.2, -0.15) is 0 Å². The van der Waals surface area contributed by atoms with E-state index in [1.165, 1.54) is 12.0 Å². The number of fused-ring (bicyclic) bond motifs is 7. The van der Waals surface area contributed by atoms with E-state index in [1.54, 1.807) is 0 Å². The SMILES string of the molecule is CC(C)=CCC[C@H]1C(=O)O[C@H]2C[C@@]3(C)C(C[C@@H](O)[C@H]4[C@@]5(C)CC[C@@H](O[Si](C)(C)C(C)(C)C)[C@@H](C)C5CC[C@@]43C)[C@H]21. The number of carbonyl (C=O) groups is 1. The molecule has 5 aliphatic rings. The van der Waals surface area contributed by atoms with Gasteiger partial charge in [0.2, 0.25) is 0 Å². The number of esters is 1. The Balaban J connectivity index is 1.41. The van der Waals surface area contributed by atoms with E-state index in [0.717, 1.165) is 44.9 Å². The molecule has 1 heterocycles. The minimum absolute atomic E-state index is 0.0188. The van der Waals surface area contributed by atoms with Crippen molar-refractivity contribution < 1.29 is 19.1 Å². The maximum absolute atomic E-state index is 13.0. The van der Waals surface area contributed by atoms with Crippen LogP contribution in [0, 0.1) is 51.8 Å². The van der Waals surface area contributed by atoms with Crippen molar-refractivity contribution >= 4 is 14.3 Å². The minimum atomic E-state index is -1.84. The third-order valence-electron chi connectivity index (χ3n) is 14.2. The molecule has 1 saturated heterocycles. The lowest BCUT2D eigenvalue weighted by molar-refractivity contribution is -0.239. The fourth-order valence-electron chi connectivity index (χ4n) is 11.1. The first kappa shape index (κ1) is 30.8. The lowest BCUT2D eigenvalue weighted by Gasteiger charge is -2.69. The molecule has 0 spiro atoms. The van der Waals surface area contributed by atoms with Crippen LogP contribution in [0.3, 0.4) is 0 Å². The molecule has 4 aliphatic carbocycles. The van der Waals surface area contributed by atoms with E-state index in [9.17, 15) is 9.90 Å². The number of allylic oxidation sites excluding steroid dienone is 2. The molecular weight excluding hydrogens is 512 g/mol. The second kappa shape index (κ2) is 9.94. The van der Waals surface area contributed by atoms with Gasteiger partial charge in [0.1, 0.15) is 6.10 Å². The third kappa shape index (κ3) is 4.45. The third-order valence-corrected chi connectivity index (χ3v) is 18.8. The predicted octanol–water partition coefficient (Wildman–Crippen LogP) is 8.54. The zero-order valence-electron chi connectivity index (χ0n) is 27.6. The molecule has 12 atom stereocenters. The molecule has 2 unspecified atom stereocenters. The lowest BCUT2D eigenvalue weighted by atomic mass is 9.36. The number of hydrogen-bond acceptors (Lipinski definition) is 4. The highest BCUT2D eigenvalue weighted by Gasteiger charge is 2.73. The first-order valence-electron chi connectivity index (χ1n) is 16.6. The molecule has 5 fully saturated rings. The molecule has 0 aromatic heterocycles. The van der Waals surface area contributed by atoms with Gasteiger partial charge in [0.25, 0.3) is 0 Å². The number of carbonyl (C=O) groups excluding carboxylic acids is 1. The Kier molecular flexibility index (Phi) is 7.65. The van der Waals surface area contributed by atoms with Gasteiger partial charge in [0.15, 0.2) is 8.32 Å². The number of aliphatic hydroxyl groups excluding tert-OH is 1. The van der Waals surface area contributed by atoms with E-state index in [-0.39, 0.29) is 57.2 Å². The molecule has 5 heteroatoms. The lowest BCUT2D eigenvalue weighted by Crippen LogP contribution is -2.66. The van der Waals surface area contributed by atoms with Gasteiger partial charge in [-0.05, 0) is 123 Å². The van der Waals surface area contributed by atoms with Gasteiger partial charge in [-0.25, -0.2) is 0 Å². The van der Waals surface area contributed by atoms with Crippen LogP contribution >= 0.6 is 0 Å². The Morgan fingerprint density at radius 2 is 1.77 bits per heavy atom. The summed E-state index contributed by atoms with van der Waals surface area (Å²) in [5.74, 6) is 1.99. The van der Waals surface area contributed by atoms with Crippen molar-refractivity contribution in [1.29, 1.82) is 0 Å². The molecule has 228 valence electrons. The van der Waals surface area contributed by atoms with Gasteiger partial charge >= 0.3 is 5.97 Å². The van der Waals surface area contributed by atoms with Crippen LogP contribution in [-0.4, -0.2) is 37.7 Å². The zero-order chi connectivity index (χ0) is 29.6. The average molecular weight is 573 g/mol. The highest BCUT2D eigenvalue weighted by Crippen LogP contribution is 2.75. The summed E-state index contributed by atoms with van der Waals surface area (Å²) in [5, 5.41) is 12.4. The van der Waals surface area contributed by atoms with Crippen LogP contribution < -0.4 is 0 Å². The fraction of sp³-hybridized carbons (Fsp3) is 0.914. The summed E-state index contributed by atoms with van der Waals surface area (Å²) in [6, 6.07) is 0. The molecule has 1 N–H and O–H groups in total. The van der Waals surface area contributed by atoms with Gasteiger partial charge in [-0.3, -0.25) is 4.79 Å². The van der Waals surface area contributed by atoms with Crippen molar-refractivity contribution in [3.05, 3.63) is 11.6 Å². The normalized spacial score (nSPS) is 48.5. The highest BCUT2D eigenvalue weighted by molar-refractivity contribution is 6.74. The molecule has 0 bridgehead atoms. The zero-order valence-corrected chi connectivity index (χ0v) is 28.6. The molecule has 4 saturated carbocycles. The second-order valence-electron chi connectivity index (χ2n) is 17.4. The molecule has 0 aromatic rings. The van der Waals surface area contributed by atoms with Crippen molar-refractivity contribution in [3.8, 4) is 0 Å². The van der Waals surface area contributed by atoms with Gasteiger partial charge < -0.3 is 14.3 Å². The molecule has 5 rings (SSSR count). The van der Waals surface area contributed by atoms with Crippen molar-refractivity contribution in [1.82, 2.24) is 0 Å². The van der Waals surface area contributed by atoms with Crippen LogP contribution in [0.2, 0.25) is 18.1 Å². The second-order valence-corrected chi connectivity index (χ2v) is 22.2. The highest BCUT2D eigenvalue weighted by atomic mass is 28.4. The maximum Gasteiger partial charge on any atom is 0.309 e. The largest absolute Gasteiger partial charge is 0.462 e. The van der Waals surface area contributed by atoms with E-state index < -0.39 is 8.32 Å². The summed E-state index contributed by atoms with van der Waals surface area (Å²) < 4.78 is 13.2. The Morgan fingerprint density at radius 3 is 2.40 bits per heavy atom. The first-order chi connectivity index (χ1) is 18.4. The smallest absolute Gasteiger partial charge is 0.309 e. The first-order valence-corrected chi connectivity index (χ1v) is 19.5. The standard InChI is InChI=1S/C35H60O4Si/c1-21(2)13-12-14-23-29-25-19-26(36)30-33(7)17-16-27(39-40(10,11)32(4,5)6)22(3)24(33)15-18-34(30,8)35(25,9)20-28(29)38-31(23)37/h13,22-30,36H,12,14-20H2,1-11H3/t22-,23+,24?,25?,26+,27+,28-,29+,30-,33-,34-,35-/m0/s1. The maximum atomic E-state index is 13.0. The molecule has 40 heavy (non-hydrogen) atoms. The minimum Gasteiger partial charge on any atom is -0.462 e. The van der Waals surface area contributed by atoms with Crippen LogP contribution in [0.4, 0.5) is 0 Å². The number of ether oxygens (including phenoxy) is 1. The Labute approximate surface area is 246 Å². The summed E-state index contributed by atoms with van der Waals surface area (Å²) >= 11 is 0. The molecule has 1 aliphatic heterocycles. The van der Waals surface area contributed by atoms with Crippen LogP contribution in [0.15, 0.2) is 11.6 Å². The number of aliphatic hydroxyl groups is 1. The van der Waals surface area contributed by atoms with Crippen molar-refractivity contribution in [2.24, 2.45) is 51.8 Å². The molecule has 0 amide bonds. The Bertz CT molecular complexity index is 1020. The topological polar surface area (TPSA) is 55.8 Å². The summed E-state index contributed by atoms with van der Waals surface area (Å²) in [5.41, 5.74) is 1.57. The average Bonchev–Trinajstić information content (AvgIpc) is 3.26. The predicted molar refractivity (Wildman–Crippen MR) is 165 cm³/mol. The van der Waals surface area contributed by atoms with E-state index in [2.05, 4.69) is 81.5 Å². The summed E-state index contributed by atoms with van der Waals surface area (Å²) in [4.78, 5) is 13.0. The van der Waals surface area contributed by atoms with Gasteiger partial charge in [-0.1, -0.05) is 60.1 Å². The fourth-order valence-corrected chi connectivity index (χ4v) is 12.5. The quantitative estimate of drug-likeness (QED) is 0.204. The molecule has 0 aromatic carbocycles. The van der Waals surface area contributed by atoms with Crippen LogP contribution in [0.25, 0.3) is 0 Å². The van der Waals surface area contributed by atoms with Crippen molar-refractivity contribution in [2.75, 3.05) is 0 Å². The van der Waals surface area contributed by atoms with Crippen molar-refractivity contribution in [3.63, 3.8) is 0 Å². The van der Waals surface area contributed by atoms with Crippen molar-refractivity contribution in [2.45, 2.75) is 150 Å². The molecule has 0 radical (unpaired) electrons. The van der Waals surface area contributed by atoms with Crippen LogP contribution in [0.1, 0.15) is 114 Å². The van der Waals surface area contributed by atoms with E-state index in [0.29, 0.717) is 23.9 Å². The number of rotatable bonds is 5. The van der Waals surface area contributed by atoms with Gasteiger partial charge in [0, 0.05) is 12.0 Å². The van der Waals surface area contributed by atoms with Crippen LogP contribution in [-0.2, 0) is 14.0 Å². The van der Waals surface area contributed by atoms with Gasteiger partial charge in [-0.15, -0.1) is 0 Å². The number of hydrogen-bond donors (Lipinski definition) is 1. The van der Waals surface area contributed by atoms with Crippen LogP contribution in [0.5, 0.6) is 0 Å². The Hall–Kier alpha value is -0.653. The summed E-state index contributed by atoms with van der Waals surface area (Å²) in [7, 11) is -1.84. The monoisotopic (exact) mass is 572 g/mol. The van der Waals surface area contributed by atoms with E-state index in [1.807, 2.05) is 0 Å². The van der Waals surface area contributed by atoms with Gasteiger partial charge in [0.05, 0.1) is 12.0 Å². The van der Waals surface area contributed by atoms with E-state index >= 15 is 0 Å².